The van der Waals surface area contributed by atoms with Crippen molar-refractivity contribution in [1.29, 1.82) is 0 Å². The van der Waals surface area contributed by atoms with Crippen LogP contribution in [0, 0.1) is 0 Å². The fourth-order valence-electron chi connectivity index (χ4n) is 1.22. The quantitative estimate of drug-likeness (QED) is 0.622. The van der Waals surface area contributed by atoms with Gasteiger partial charge in [-0.1, -0.05) is 17.7 Å². The minimum Gasteiger partial charge on any atom is -0.465 e. The second kappa shape index (κ2) is 6.76. The van der Waals surface area contributed by atoms with Crippen LogP contribution in [-0.4, -0.2) is 31.9 Å². The molecule has 96 valence electrons. The summed E-state index contributed by atoms with van der Waals surface area (Å²) in [5, 5.41) is 0.249. The number of carbonyl (C=O) groups is 2. The molecule has 0 fully saturated rings. The zero-order valence-corrected chi connectivity index (χ0v) is 10.7. The molecule has 1 aromatic rings. The Balaban J connectivity index is 3.07. The zero-order chi connectivity index (χ0) is 13.5. The molecule has 0 saturated heterocycles. The molecule has 0 heterocycles. The third-order valence-corrected chi connectivity index (χ3v) is 2.28. The van der Waals surface area contributed by atoms with Gasteiger partial charge in [0.25, 0.3) is 0 Å². The van der Waals surface area contributed by atoms with E-state index in [1.807, 2.05) is 0 Å². The van der Waals surface area contributed by atoms with Gasteiger partial charge in [0.2, 0.25) is 0 Å². The van der Waals surface area contributed by atoms with Crippen molar-refractivity contribution in [2.45, 2.75) is 6.92 Å². The van der Waals surface area contributed by atoms with Crippen LogP contribution in [0.1, 0.15) is 17.3 Å². The molecule has 0 saturated carbocycles. The fraction of sp³-hybridized carbons (Fsp3) is 0.250. The molecule has 6 heteroatoms. The van der Waals surface area contributed by atoms with E-state index in [-0.39, 0.29) is 22.9 Å². The van der Waals surface area contributed by atoms with Gasteiger partial charge < -0.3 is 9.47 Å². The lowest BCUT2D eigenvalue weighted by Gasteiger charge is -2.05. The van der Waals surface area contributed by atoms with Crippen molar-refractivity contribution in [3.63, 3.8) is 0 Å². The average molecular weight is 270 g/mol. The summed E-state index contributed by atoms with van der Waals surface area (Å²) in [6.07, 6.45) is 0.969. The van der Waals surface area contributed by atoms with E-state index >= 15 is 0 Å². The number of carbonyl (C=O) groups excluding carboxylic acids is 2. The summed E-state index contributed by atoms with van der Waals surface area (Å²) < 4.78 is 9.28. The monoisotopic (exact) mass is 269 g/mol. The first kappa shape index (κ1) is 14.2. The lowest BCUT2D eigenvalue weighted by molar-refractivity contribution is -0.134. The van der Waals surface area contributed by atoms with Gasteiger partial charge in [0.05, 0.1) is 30.0 Å². The summed E-state index contributed by atoms with van der Waals surface area (Å²) in [6, 6.07) is 4.67. The summed E-state index contributed by atoms with van der Waals surface area (Å²) in [6.45, 7) is 1.93. The molecule has 1 aromatic carbocycles. The lowest BCUT2D eigenvalue weighted by atomic mass is 10.2. The molecular weight excluding hydrogens is 258 g/mol. The van der Waals surface area contributed by atoms with Gasteiger partial charge in [0.1, 0.15) is 6.21 Å². The van der Waals surface area contributed by atoms with Crippen LogP contribution in [0.15, 0.2) is 23.2 Å². The van der Waals surface area contributed by atoms with Crippen molar-refractivity contribution >= 4 is 35.4 Å². The smallest absolute Gasteiger partial charge is 0.349 e. The Morgan fingerprint density at radius 1 is 1.44 bits per heavy atom. The van der Waals surface area contributed by atoms with E-state index < -0.39 is 11.9 Å². The highest BCUT2D eigenvalue weighted by atomic mass is 35.5. The number of hydrogen-bond acceptors (Lipinski definition) is 5. The molecule has 5 nitrogen and oxygen atoms in total. The van der Waals surface area contributed by atoms with E-state index in [1.54, 1.807) is 19.1 Å². The SMILES string of the molecule is CCOC(=O)/C=N\c1c(Cl)cccc1C(=O)OC. The highest BCUT2D eigenvalue weighted by molar-refractivity contribution is 6.34. The van der Waals surface area contributed by atoms with Crippen molar-refractivity contribution in [3.8, 4) is 0 Å². The van der Waals surface area contributed by atoms with Gasteiger partial charge in [-0.2, -0.15) is 0 Å². The van der Waals surface area contributed by atoms with Crippen molar-refractivity contribution in [2.75, 3.05) is 13.7 Å². The number of methoxy groups -OCH3 is 1. The number of para-hydroxylation sites is 1. The Hall–Kier alpha value is -1.88. The second-order valence-electron chi connectivity index (χ2n) is 3.14. The number of aliphatic imine (C=N–C) groups is 1. The Bertz CT molecular complexity index is 485. The third kappa shape index (κ3) is 3.56. The van der Waals surface area contributed by atoms with Crippen molar-refractivity contribution in [3.05, 3.63) is 28.8 Å². The largest absolute Gasteiger partial charge is 0.465 e. The highest BCUT2D eigenvalue weighted by Crippen LogP contribution is 2.29. The van der Waals surface area contributed by atoms with Crippen LogP contribution in [0.25, 0.3) is 0 Å². The Morgan fingerprint density at radius 3 is 2.78 bits per heavy atom. The molecular formula is C12H12ClNO4. The molecule has 0 N–H and O–H groups in total. The number of halogens is 1. The number of nitrogens with zero attached hydrogens (tertiary/aromatic N) is 1. The highest BCUT2D eigenvalue weighted by Gasteiger charge is 2.13. The summed E-state index contributed by atoms with van der Waals surface area (Å²) in [4.78, 5) is 26.5. The molecule has 0 bridgehead atoms. The topological polar surface area (TPSA) is 65.0 Å². The Morgan fingerprint density at radius 2 is 2.17 bits per heavy atom. The maximum Gasteiger partial charge on any atom is 0.349 e. The van der Waals surface area contributed by atoms with Gasteiger partial charge in [0, 0.05) is 0 Å². The average Bonchev–Trinajstić information content (AvgIpc) is 2.36. The second-order valence-corrected chi connectivity index (χ2v) is 3.55. The molecule has 0 aliphatic rings. The molecule has 0 unspecified atom stereocenters. The van der Waals surface area contributed by atoms with Crippen LogP contribution in [0.2, 0.25) is 5.02 Å². The number of benzene rings is 1. The zero-order valence-electron chi connectivity index (χ0n) is 9.97. The Labute approximate surface area is 109 Å². The normalized spacial score (nSPS) is 10.4. The van der Waals surface area contributed by atoms with E-state index in [9.17, 15) is 9.59 Å². The van der Waals surface area contributed by atoms with Crippen LogP contribution in [0.3, 0.4) is 0 Å². The molecule has 0 radical (unpaired) electrons. The van der Waals surface area contributed by atoms with Crippen LogP contribution < -0.4 is 0 Å². The minimum atomic E-state index is -0.603. The molecule has 0 aliphatic carbocycles. The molecule has 0 aromatic heterocycles. The summed E-state index contributed by atoms with van der Waals surface area (Å²) >= 11 is 5.92. The molecule has 0 atom stereocenters. The predicted molar refractivity (Wildman–Crippen MR) is 67.6 cm³/mol. The summed E-state index contributed by atoms with van der Waals surface area (Å²) in [7, 11) is 1.25. The van der Waals surface area contributed by atoms with Crippen molar-refractivity contribution in [1.82, 2.24) is 0 Å². The predicted octanol–water partition coefficient (Wildman–Crippen LogP) is 2.39. The van der Waals surface area contributed by atoms with Gasteiger partial charge in [0.15, 0.2) is 0 Å². The number of esters is 2. The number of hydrogen-bond donors (Lipinski definition) is 0. The molecule has 0 amide bonds. The Kier molecular flexibility index (Phi) is 5.32. The minimum absolute atomic E-state index is 0.180. The molecule has 0 aliphatic heterocycles. The fourth-order valence-corrected chi connectivity index (χ4v) is 1.44. The molecule has 0 spiro atoms. The van der Waals surface area contributed by atoms with Crippen molar-refractivity contribution in [2.24, 2.45) is 4.99 Å². The van der Waals surface area contributed by atoms with E-state index in [4.69, 9.17) is 11.6 Å². The van der Waals surface area contributed by atoms with Crippen molar-refractivity contribution < 1.29 is 19.1 Å². The van der Waals surface area contributed by atoms with E-state index in [0.29, 0.717) is 0 Å². The van der Waals surface area contributed by atoms with Crippen LogP contribution in [-0.2, 0) is 14.3 Å². The van der Waals surface area contributed by atoms with Crippen LogP contribution in [0.4, 0.5) is 5.69 Å². The van der Waals surface area contributed by atoms with Gasteiger partial charge in [-0.3, -0.25) is 0 Å². The summed E-state index contributed by atoms with van der Waals surface area (Å²) in [5.74, 6) is -1.18. The van der Waals surface area contributed by atoms with Crippen LogP contribution in [0.5, 0.6) is 0 Å². The molecule has 18 heavy (non-hydrogen) atoms. The first-order chi connectivity index (χ1) is 8.60. The maximum atomic E-state index is 11.5. The molecule has 1 rings (SSSR count). The number of rotatable bonds is 4. The van der Waals surface area contributed by atoms with Gasteiger partial charge >= 0.3 is 11.9 Å². The first-order valence-corrected chi connectivity index (χ1v) is 5.55. The number of ether oxygens (including phenoxy) is 2. The lowest BCUT2D eigenvalue weighted by Crippen LogP contribution is -2.05. The van der Waals surface area contributed by atoms with E-state index in [1.165, 1.54) is 13.2 Å². The van der Waals surface area contributed by atoms with Gasteiger partial charge in [-0.15, -0.1) is 0 Å². The maximum absolute atomic E-state index is 11.5. The van der Waals surface area contributed by atoms with Gasteiger partial charge in [-0.05, 0) is 19.1 Å². The van der Waals surface area contributed by atoms with E-state index in [2.05, 4.69) is 14.5 Å². The van der Waals surface area contributed by atoms with Crippen LogP contribution >= 0.6 is 11.6 Å². The third-order valence-electron chi connectivity index (χ3n) is 1.98. The first-order valence-electron chi connectivity index (χ1n) is 5.17. The van der Waals surface area contributed by atoms with Gasteiger partial charge in [-0.25, -0.2) is 14.6 Å². The standard InChI is InChI=1S/C12H12ClNO4/c1-3-18-10(15)7-14-11-8(12(16)17-2)5-4-6-9(11)13/h4-7H,3H2,1-2H3/b14-7-. The summed E-state index contributed by atoms with van der Waals surface area (Å²) in [5.41, 5.74) is 0.365. The van der Waals surface area contributed by atoms with E-state index in [0.717, 1.165) is 6.21 Å².